The van der Waals surface area contributed by atoms with Gasteiger partial charge in [-0.2, -0.15) is 0 Å². The molecule has 1 unspecified atom stereocenters. The summed E-state index contributed by atoms with van der Waals surface area (Å²) in [6, 6.07) is 0. The molecular formula is C16H21F6FeO3PSi. The van der Waals surface area contributed by atoms with Crippen molar-refractivity contribution in [1.82, 2.24) is 0 Å². The Morgan fingerprint density at radius 1 is 0.929 bits per heavy atom. The van der Waals surface area contributed by atoms with Gasteiger partial charge in [-0.25, -0.2) is 0 Å². The van der Waals surface area contributed by atoms with Crippen LogP contribution in [-0.2, 0) is 31.0 Å². The smallest absolute Gasteiger partial charge is 0 e. The minimum absolute atomic E-state index is 0. The number of halogens is 6. The molecular weight excluding hydrogens is 469 g/mol. The predicted octanol–water partition coefficient (Wildman–Crippen LogP) is 7.39. The van der Waals surface area contributed by atoms with Gasteiger partial charge in [-0.05, 0) is 19.3 Å². The summed E-state index contributed by atoms with van der Waals surface area (Å²) < 4.78 is 81.7. The van der Waals surface area contributed by atoms with E-state index in [-0.39, 0.29) is 17.1 Å². The molecule has 0 heterocycles. The summed E-state index contributed by atoms with van der Waals surface area (Å²) in [6.07, 6.45) is 13.0. The van der Waals surface area contributed by atoms with E-state index < -0.39 is 15.9 Å². The molecule has 2 aliphatic carbocycles. The van der Waals surface area contributed by atoms with E-state index in [9.17, 15) is 25.2 Å². The van der Waals surface area contributed by atoms with Crippen LogP contribution >= 0.6 is 7.81 Å². The van der Waals surface area contributed by atoms with Crippen molar-refractivity contribution in [3.8, 4) is 0 Å². The SMILES string of the molecule is C[Si](C)(C)[C+]1C=CC2CCCCC2=C1.F[P-](F)(F)(F)(F)F.[C-]#[O+].[C-]#[O+].[C-]#[O+].[Fe]. The minimum Gasteiger partial charge on any atom is 0 e. The summed E-state index contributed by atoms with van der Waals surface area (Å²) in [5.74, 6) is 0.795. The fraction of sp³-hybridized carbons (Fsp3) is 0.500. The van der Waals surface area contributed by atoms with Crippen LogP contribution in [0.1, 0.15) is 25.7 Å². The van der Waals surface area contributed by atoms with Crippen molar-refractivity contribution >= 4 is 15.9 Å². The quantitative estimate of drug-likeness (QED) is 0.121. The molecule has 3 nitrogen and oxygen atoms in total. The first-order valence-electron chi connectivity index (χ1n) is 7.46. The normalized spacial score (nSPS) is 19.6. The van der Waals surface area contributed by atoms with Crippen LogP contribution in [-0.4, -0.2) is 8.07 Å². The maximum atomic E-state index is 9.87. The van der Waals surface area contributed by atoms with Gasteiger partial charge in [0.05, 0.1) is 5.92 Å². The molecule has 0 aromatic carbocycles. The molecule has 0 aromatic heterocycles. The second-order valence-corrected chi connectivity index (χ2v) is 13.6. The van der Waals surface area contributed by atoms with Crippen molar-refractivity contribution in [2.24, 2.45) is 5.92 Å². The summed E-state index contributed by atoms with van der Waals surface area (Å²) in [4.78, 5) is 0. The van der Waals surface area contributed by atoms with E-state index in [1.54, 1.807) is 11.1 Å². The number of allylic oxidation sites excluding steroid dienone is 4. The zero-order valence-electron chi connectivity index (χ0n) is 15.4. The van der Waals surface area contributed by atoms with Gasteiger partial charge in [0, 0.05) is 52.8 Å². The third-order valence-corrected chi connectivity index (χ3v) is 5.46. The van der Waals surface area contributed by atoms with Gasteiger partial charge in [-0.3, -0.25) is 0 Å². The van der Waals surface area contributed by atoms with Crippen LogP contribution in [0.15, 0.2) is 23.8 Å². The largest absolute Gasteiger partial charge is 0 e. The van der Waals surface area contributed by atoms with Gasteiger partial charge in [-0.1, -0.05) is 19.6 Å². The fourth-order valence-corrected chi connectivity index (χ4v) is 3.61. The second kappa shape index (κ2) is 12.8. The maximum absolute atomic E-state index is 10.7. The molecule has 12 heteroatoms. The Labute approximate surface area is 172 Å². The number of rotatable bonds is 1. The molecule has 28 heavy (non-hydrogen) atoms. The Bertz CT molecular complexity index is 551. The predicted molar refractivity (Wildman–Crippen MR) is 91.1 cm³/mol. The topological polar surface area (TPSA) is 59.7 Å². The molecule has 0 bridgehead atoms. The Hall–Kier alpha value is -0.684. The Balaban J connectivity index is -0.000000177. The van der Waals surface area contributed by atoms with Crippen LogP contribution in [0.3, 0.4) is 0 Å². The van der Waals surface area contributed by atoms with Gasteiger partial charge in [0.15, 0.2) is 0 Å². The average Bonchev–Trinajstić information content (AvgIpc) is 2.56. The molecule has 1 fully saturated rings. The van der Waals surface area contributed by atoms with Gasteiger partial charge in [0.1, 0.15) is 8.07 Å². The molecule has 0 amide bonds. The van der Waals surface area contributed by atoms with Crippen LogP contribution in [0.5, 0.6) is 0 Å². The van der Waals surface area contributed by atoms with E-state index in [2.05, 4.69) is 57.8 Å². The molecule has 0 radical (unpaired) electrons. The third-order valence-electron chi connectivity index (χ3n) is 3.42. The molecule has 2 aliphatic rings. The molecule has 0 N–H and O–H groups in total. The second-order valence-electron chi connectivity index (χ2n) is 6.59. The van der Waals surface area contributed by atoms with Crippen LogP contribution in [0, 0.1) is 31.4 Å². The van der Waals surface area contributed by atoms with E-state index in [1.807, 2.05) is 0 Å². The Kier molecular flexibility index (Phi) is 15.9. The number of fused-ring (bicyclic) bond motifs is 1. The van der Waals surface area contributed by atoms with E-state index in [1.165, 1.54) is 25.7 Å². The number of hydrogen-bond donors (Lipinski definition) is 0. The van der Waals surface area contributed by atoms with Gasteiger partial charge in [0.25, 0.3) is 0 Å². The van der Waals surface area contributed by atoms with E-state index in [4.69, 9.17) is 14.0 Å². The zero-order chi connectivity index (χ0) is 22.6. The van der Waals surface area contributed by atoms with E-state index >= 15 is 0 Å². The number of hydrogen-bond acceptors (Lipinski definition) is 0. The van der Waals surface area contributed by atoms with Crippen LogP contribution in [0.2, 0.25) is 19.6 Å². The first-order chi connectivity index (χ1) is 12.0. The summed E-state index contributed by atoms with van der Waals surface area (Å²) in [7, 11) is -11.7. The molecule has 162 valence electrons. The summed E-state index contributed by atoms with van der Waals surface area (Å²) in [5, 5.41) is 0. The summed E-state index contributed by atoms with van der Waals surface area (Å²) in [6.45, 7) is 20.8. The van der Waals surface area contributed by atoms with Crippen molar-refractivity contribution < 1.29 is 56.2 Å². The molecule has 0 saturated heterocycles. The van der Waals surface area contributed by atoms with Crippen molar-refractivity contribution in [2.45, 2.75) is 45.3 Å². The van der Waals surface area contributed by atoms with E-state index in [0.717, 1.165) is 5.92 Å². The molecule has 1 saturated carbocycles. The van der Waals surface area contributed by atoms with Crippen LogP contribution < -0.4 is 0 Å². The average molecular weight is 490 g/mol. The molecule has 1 atom stereocenters. The van der Waals surface area contributed by atoms with Crippen molar-refractivity contribution in [2.75, 3.05) is 0 Å². The van der Waals surface area contributed by atoms with Crippen molar-refractivity contribution in [1.29, 1.82) is 0 Å². The zero-order valence-corrected chi connectivity index (χ0v) is 18.4. The van der Waals surface area contributed by atoms with Gasteiger partial charge >= 0.3 is 66.9 Å². The van der Waals surface area contributed by atoms with Gasteiger partial charge < -0.3 is 0 Å². The summed E-state index contributed by atoms with van der Waals surface area (Å²) >= 11 is 0. The molecule has 0 aliphatic heterocycles. The van der Waals surface area contributed by atoms with Gasteiger partial charge in [0.2, 0.25) is 0 Å². The van der Waals surface area contributed by atoms with Crippen molar-refractivity contribution in [3.63, 3.8) is 0 Å². The summed E-state index contributed by atoms with van der Waals surface area (Å²) in [5.41, 5.74) is 3.36. The van der Waals surface area contributed by atoms with Crippen LogP contribution in [0.25, 0.3) is 0 Å². The minimum atomic E-state index is -10.7. The first-order valence-corrected chi connectivity index (χ1v) is 13.0. The van der Waals surface area contributed by atoms with Crippen molar-refractivity contribution in [3.05, 3.63) is 49.3 Å². The molecule has 0 aromatic rings. The Morgan fingerprint density at radius 3 is 1.68 bits per heavy atom. The maximum Gasteiger partial charge on any atom is 0 e. The van der Waals surface area contributed by atoms with Gasteiger partial charge in [-0.15, -0.1) is 0 Å². The fourth-order valence-electron chi connectivity index (χ4n) is 2.40. The third kappa shape index (κ3) is 23.4. The molecule has 2 rings (SSSR count). The van der Waals surface area contributed by atoms with E-state index in [0.29, 0.717) is 0 Å². The van der Waals surface area contributed by atoms with Crippen LogP contribution in [0.4, 0.5) is 25.2 Å². The first kappa shape index (κ1) is 34.8. The Morgan fingerprint density at radius 2 is 1.32 bits per heavy atom. The monoisotopic (exact) mass is 490 g/mol. The molecule has 0 spiro atoms. The standard InChI is InChI=1S/C13H21Si.3CO.F6P.Fe/c1-14(2,3)13-9-8-11-6-4-5-7-12(11)10-13;3*1-2;1-7(2,3,4,5)6;/h8-11H,4-7H2,1-3H3;;;;;/q+1;;;;-1;.